The maximum Gasteiger partial charge on any atom is 0.346 e. The first-order valence-corrected chi connectivity index (χ1v) is 7.77. The minimum Gasteiger partial charge on any atom is -0.490 e. The molecule has 0 heterocycles. The van der Waals surface area contributed by atoms with Gasteiger partial charge in [-0.15, -0.1) is 0 Å². The molecule has 128 valence electrons. The van der Waals surface area contributed by atoms with Crippen LogP contribution in [0.5, 0.6) is 11.5 Å². The second kappa shape index (κ2) is 8.55. The third-order valence-corrected chi connectivity index (χ3v) is 3.37. The quantitative estimate of drug-likeness (QED) is 0.473. The number of carboxylic acids is 1. The first kappa shape index (κ1) is 18.1. The zero-order valence-electron chi connectivity index (χ0n) is 14.2. The first-order valence-electron chi connectivity index (χ1n) is 7.77. The van der Waals surface area contributed by atoms with Crippen LogP contribution in [0.25, 0.3) is 6.08 Å². The third kappa shape index (κ3) is 5.40. The number of hydrogen-bond donors (Lipinski definition) is 1. The highest BCUT2D eigenvalue weighted by atomic mass is 16.5. The number of ether oxygens (including phenoxy) is 2. The van der Waals surface area contributed by atoms with Crippen molar-refractivity contribution in [3.05, 3.63) is 64.7 Å². The monoisotopic (exact) mass is 337 g/mol. The lowest BCUT2D eigenvalue weighted by Gasteiger charge is -2.11. The Kier molecular flexibility index (Phi) is 6.19. The van der Waals surface area contributed by atoms with Gasteiger partial charge in [-0.1, -0.05) is 24.3 Å². The van der Waals surface area contributed by atoms with E-state index in [0.717, 1.165) is 16.9 Å². The number of carbonyl (C=O) groups is 1. The molecule has 1 N–H and O–H groups in total. The molecule has 0 aromatic heterocycles. The van der Waals surface area contributed by atoms with Gasteiger partial charge in [0.1, 0.15) is 36.4 Å². The lowest BCUT2D eigenvalue weighted by molar-refractivity contribution is -0.132. The Balaban J connectivity index is 2.00. The fourth-order valence-corrected chi connectivity index (χ4v) is 2.36. The lowest BCUT2D eigenvalue weighted by atomic mass is 10.1. The number of aryl methyl sites for hydroxylation is 2. The maximum atomic E-state index is 11.0. The van der Waals surface area contributed by atoms with Crippen molar-refractivity contribution in [1.82, 2.24) is 0 Å². The Morgan fingerprint density at radius 2 is 1.76 bits per heavy atom. The van der Waals surface area contributed by atoms with Crippen molar-refractivity contribution in [2.45, 2.75) is 13.8 Å². The van der Waals surface area contributed by atoms with Crippen molar-refractivity contribution in [3.63, 3.8) is 0 Å². The molecule has 0 spiro atoms. The summed E-state index contributed by atoms with van der Waals surface area (Å²) >= 11 is 0. The number of benzene rings is 2. The van der Waals surface area contributed by atoms with Crippen LogP contribution in [0.2, 0.25) is 0 Å². The standard InChI is InChI=1S/C20H19NO4/c1-14-9-15(2)11-18(10-14)24-7-8-25-19-6-4-3-5-16(19)12-17(13-21)20(22)23/h3-6,9-12H,7-8H2,1-2H3,(H,22,23). The molecule has 25 heavy (non-hydrogen) atoms. The van der Waals surface area contributed by atoms with Crippen LogP contribution in [0, 0.1) is 25.2 Å². The number of para-hydroxylation sites is 1. The van der Waals surface area contributed by atoms with E-state index in [4.69, 9.17) is 19.8 Å². The fourth-order valence-electron chi connectivity index (χ4n) is 2.36. The molecule has 5 nitrogen and oxygen atoms in total. The molecule has 2 rings (SSSR count). The minimum atomic E-state index is -1.27. The van der Waals surface area contributed by atoms with Gasteiger partial charge in [0.05, 0.1) is 0 Å². The van der Waals surface area contributed by atoms with Gasteiger partial charge in [0.2, 0.25) is 0 Å². The van der Waals surface area contributed by atoms with E-state index in [1.165, 1.54) is 6.08 Å². The van der Waals surface area contributed by atoms with Gasteiger partial charge in [-0.3, -0.25) is 0 Å². The molecule has 0 saturated heterocycles. The molecule has 2 aromatic carbocycles. The number of carboxylic acid groups (broad SMARTS) is 1. The summed E-state index contributed by atoms with van der Waals surface area (Å²) in [7, 11) is 0. The topological polar surface area (TPSA) is 79.5 Å². The molecule has 0 atom stereocenters. The number of rotatable bonds is 7. The van der Waals surface area contributed by atoms with E-state index in [1.54, 1.807) is 30.3 Å². The molecule has 0 aliphatic rings. The largest absolute Gasteiger partial charge is 0.490 e. The van der Waals surface area contributed by atoms with Gasteiger partial charge in [0.15, 0.2) is 0 Å². The second-order valence-electron chi connectivity index (χ2n) is 5.53. The van der Waals surface area contributed by atoms with Gasteiger partial charge in [0.25, 0.3) is 0 Å². The Hall–Kier alpha value is -3.26. The van der Waals surface area contributed by atoms with E-state index in [1.807, 2.05) is 26.0 Å². The van der Waals surface area contributed by atoms with Crippen molar-refractivity contribution in [1.29, 1.82) is 5.26 Å². The smallest absolute Gasteiger partial charge is 0.346 e. The van der Waals surface area contributed by atoms with Crippen molar-refractivity contribution in [2.24, 2.45) is 0 Å². The molecule has 5 heteroatoms. The molecule has 0 amide bonds. The molecular weight excluding hydrogens is 318 g/mol. The van der Waals surface area contributed by atoms with Crippen molar-refractivity contribution in [2.75, 3.05) is 13.2 Å². The fraction of sp³-hybridized carbons (Fsp3) is 0.200. The molecule has 0 fully saturated rings. The van der Waals surface area contributed by atoms with Crippen LogP contribution in [-0.2, 0) is 4.79 Å². The van der Waals surface area contributed by atoms with Crippen molar-refractivity contribution in [3.8, 4) is 17.6 Å². The predicted molar refractivity (Wildman–Crippen MR) is 94.6 cm³/mol. The van der Waals surface area contributed by atoms with E-state index in [0.29, 0.717) is 24.5 Å². The first-order chi connectivity index (χ1) is 12.0. The maximum absolute atomic E-state index is 11.0. The highest BCUT2D eigenvalue weighted by Crippen LogP contribution is 2.21. The number of aliphatic carboxylic acids is 1. The summed E-state index contributed by atoms with van der Waals surface area (Å²) in [6.07, 6.45) is 1.29. The van der Waals surface area contributed by atoms with Gasteiger partial charge >= 0.3 is 5.97 Å². The zero-order chi connectivity index (χ0) is 18.2. The van der Waals surface area contributed by atoms with Gasteiger partial charge in [-0.05, 0) is 49.2 Å². The van der Waals surface area contributed by atoms with Crippen LogP contribution >= 0.6 is 0 Å². The molecule has 0 radical (unpaired) electrons. The summed E-state index contributed by atoms with van der Waals surface area (Å²) in [4.78, 5) is 11.0. The SMILES string of the molecule is Cc1cc(C)cc(OCCOc2ccccc2C=C(C#N)C(=O)O)c1. The summed E-state index contributed by atoms with van der Waals surface area (Å²) in [5.74, 6) is 0.0166. The van der Waals surface area contributed by atoms with Crippen LogP contribution in [0.3, 0.4) is 0 Å². The lowest BCUT2D eigenvalue weighted by Crippen LogP contribution is -2.10. The molecule has 0 saturated carbocycles. The summed E-state index contributed by atoms with van der Waals surface area (Å²) in [6, 6.07) is 14.6. The second-order valence-corrected chi connectivity index (χ2v) is 5.53. The third-order valence-electron chi connectivity index (χ3n) is 3.37. The highest BCUT2D eigenvalue weighted by molar-refractivity contribution is 5.96. The predicted octanol–water partition coefficient (Wildman–Crippen LogP) is 3.75. The molecule has 0 unspecified atom stereocenters. The van der Waals surface area contributed by atoms with Gasteiger partial charge in [-0.25, -0.2) is 4.79 Å². The normalized spacial score (nSPS) is 10.8. The summed E-state index contributed by atoms with van der Waals surface area (Å²) in [6.45, 7) is 4.67. The molecule has 2 aromatic rings. The van der Waals surface area contributed by atoms with E-state index < -0.39 is 5.97 Å². The van der Waals surface area contributed by atoms with E-state index in [9.17, 15) is 4.79 Å². The number of hydrogen-bond acceptors (Lipinski definition) is 4. The summed E-state index contributed by atoms with van der Waals surface area (Å²) in [5.41, 5.74) is 2.45. The number of nitriles is 1. The Labute approximate surface area is 146 Å². The Bertz CT molecular complexity index is 814. The minimum absolute atomic E-state index is 0.298. The molecule has 0 aliphatic heterocycles. The van der Waals surface area contributed by atoms with E-state index >= 15 is 0 Å². The van der Waals surface area contributed by atoms with Crippen molar-refractivity contribution >= 4 is 12.0 Å². The van der Waals surface area contributed by atoms with Crippen LogP contribution < -0.4 is 9.47 Å². The highest BCUT2D eigenvalue weighted by Gasteiger charge is 2.08. The van der Waals surface area contributed by atoms with Gasteiger partial charge < -0.3 is 14.6 Å². The van der Waals surface area contributed by atoms with Crippen LogP contribution in [0.4, 0.5) is 0 Å². The summed E-state index contributed by atoms with van der Waals surface area (Å²) in [5, 5.41) is 17.8. The number of nitrogens with zero attached hydrogens (tertiary/aromatic N) is 1. The summed E-state index contributed by atoms with van der Waals surface area (Å²) < 4.78 is 11.4. The van der Waals surface area contributed by atoms with Gasteiger partial charge in [0, 0.05) is 5.56 Å². The van der Waals surface area contributed by atoms with Crippen LogP contribution in [-0.4, -0.2) is 24.3 Å². The zero-order valence-corrected chi connectivity index (χ0v) is 14.2. The average molecular weight is 337 g/mol. The molecule has 0 aliphatic carbocycles. The molecule has 0 bridgehead atoms. The Morgan fingerprint density at radius 3 is 2.40 bits per heavy atom. The van der Waals surface area contributed by atoms with E-state index in [-0.39, 0.29) is 5.57 Å². The Morgan fingerprint density at radius 1 is 1.12 bits per heavy atom. The average Bonchev–Trinajstić information content (AvgIpc) is 2.56. The molecular formula is C20H19NO4. The van der Waals surface area contributed by atoms with Gasteiger partial charge in [-0.2, -0.15) is 5.26 Å². The van der Waals surface area contributed by atoms with Crippen molar-refractivity contribution < 1.29 is 19.4 Å². The van der Waals surface area contributed by atoms with Crippen LogP contribution in [0.15, 0.2) is 48.0 Å². The van der Waals surface area contributed by atoms with E-state index in [2.05, 4.69) is 6.07 Å². The van der Waals surface area contributed by atoms with Crippen LogP contribution in [0.1, 0.15) is 16.7 Å².